The summed E-state index contributed by atoms with van der Waals surface area (Å²) in [5, 5.41) is 0. The van der Waals surface area contributed by atoms with Gasteiger partial charge in [-0.2, -0.15) is 4.99 Å². The Morgan fingerprint density at radius 1 is 1.50 bits per heavy atom. The summed E-state index contributed by atoms with van der Waals surface area (Å²) >= 11 is 0. The minimum absolute atomic E-state index is 0.254. The number of hydrogen-bond acceptors (Lipinski definition) is 2. The third-order valence-corrected chi connectivity index (χ3v) is 4.15. The normalized spacial score (nSPS) is 24.7. The van der Waals surface area contributed by atoms with E-state index >= 15 is 0 Å². The van der Waals surface area contributed by atoms with Crippen LogP contribution in [0.1, 0.15) is 31.4 Å². The highest BCUT2D eigenvalue weighted by molar-refractivity contribution is 6.07. The van der Waals surface area contributed by atoms with Gasteiger partial charge >= 0.3 is 6.03 Å². The van der Waals surface area contributed by atoms with Crippen LogP contribution in [0.5, 0.6) is 0 Å². The molecule has 1 unspecified atom stereocenters. The first-order valence-electron chi connectivity index (χ1n) is 6.90. The van der Waals surface area contributed by atoms with Crippen molar-refractivity contribution in [2.24, 2.45) is 16.6 Å². The van der Waals surface area contributed by atoms with Gasteiger partial charge in [-0.05, 0) is 42.0 Å². The number of amidine groups is 1. The van der Waals surface area contributed by atoms with Crippen LogP contribution in [0.15, 0.2) is 23.2 Å². The van der Waals surface area contributed by atoms with Crippen molar-refractivity contribution in [3.05, 3.63) is 35.1 Å². The minimum Gasteiger partial charge on any atom is -0.385 e. The van der Waals surface area contributed by atoms with E-state index in [-0.39, 0.29) is 11.8 Å². The first-order valence-corrected chi connectivity index (χ1v) is 6.90. The van der Waals surface area contributed by atoms with Gasteiger partial charge in [-0.15, -0.1) is 0 Å². The third kappa shape index (κ3) is 1.65. The lowest BCUT2D eigenvalue weighted by atomic mass is 9.89. The van der Waals surface area contributed by atoms with Crippen molar-refractivity contribution in [2.75, 3.05) is 6.54 Å². The summed E-state index contributed by atoms with van der Waals surface area (Å²) in [7, 11) is 0. The number of urea groups is 1. The second-order valence-electron chi connectivity index (χ2n) is 5.95. The Hall–Kier alpha value is -1.91. The van der Waals surface area contributed by atoms with E-state index in [1.807, 2.05) is 0 Å². The minimum atomic E-state index is -0.662. The predicted octanol–water partition coefficient (Wildman–Crippen LogP) is 2.42. The highest BCUT2D eigenvalue weighted by Crippen LogP contribution is 2.45. The summed E-state index contributed by atoms with van der Waals surface area (Å²) in [5.74, 6) is 0.408. The second-order valence-corrected chi connectivity index (χ2v) is 5.95. The van der Waals surface area contributed by atoms with Gasteiger partial charge in [0.25, 0.3) is 0 Å². The molecule has 2 N–H and O–H groups in total. The number of benzene rings is 1. The maximum absolute atomic E-state index is 13.4. The Labute approximate surface area is 117 Å². The number of amides is 2. The van der Waals surface area contributed by atoms with Gasteiger partial charge in [-0.25, -0.2) is 9.18 Å². The fraction of sp³-hybridized carbons (Fsp3) is 0.467. The summed E-state index contributed by atoms with van der Waals surface area (Å²) in [6.45, 7) is 4.70. The summed E-state index contributed by atoms with van der Waals surface area (Å²) in [6.07, 6.45) is 1.39. The van der Waals surface area contributed by atoms with Gasteiger partial charge in [0.1, 0.15) is 17.2 Å². The zero-order valence-electron chi connectivity index (χ0n) is 11.7. The molecule has 3 rings (SSSR count). The van der Waals surface area contributed by atoms with Crippen LogP contribution in [0.25, 0.3) is 0 Å². The fourth-order valence-electron chi connectivity index (χ4n) is 3.33. The lowest BCUT2D eigenvalue weighted by Gasteiger charge is -2.36. The maximum Gasteiger partial charge on any atom is 0.346 e. The maximum atomic E-state index is 13.4. The summed E-state index contributed by atoms with van der Waals surface area (Å²) in [4.78, 5) is 17.9. The highest BCUT2D eigenvalue weighted by Gasteiger charge is 2.53. The van der Waals surface area contributed by atoms with E-state index in [2.05, 4.69) is 18.8 Å². The monoisotopic (exact) mass is 275 g/mol. The van der Waals surface area contributed by atoms with Gasteiger partial charge < -0.3 is 10.6 Å². The molecule has 1 aliphatic heterocycles. The smallest absolute Gasteiger partial charge is 0.346 e. The lowest BCUT2D eigenvalue weighted by molar-refractivity contribution is 0.159. The van der Waals surface area contributed by atoms with Crippen LogP contribution in [0.3, 0.4) is 0 Å². The molecule has 0 bridgehead atoms. The van der Waals surface area contributed by atoms with E-state index in [0.29, 0.717) is 31.1 Å². The molecule has 4 nitrogen and oxygen atoms in total. The second kappa shape index (κ2) is 4.30. The Morgan fingerprint density at radius 3 is 2.95 bits per heavy atom. The van der Waals surface area contributed by atoms with E-state index in [9.17, 15) is 9.18 Å². The Balaban J connectivity index is 2.12. The zero-order valence-corrected chi connectivity index (χ0v) is 11.7. The summed E-state index contributed by atoms with van der Waals surface area (Å²) in [5.41, 5.74) is 7.26. The molecule has 0 saturated carbocycles. The molecule has 0 saturated heterocycles. The average molecular weight is 275 g/mol. The quantitative estimate of drug-likeness (QED) is 0.901. The van der Waals surface area contributed by atoms with Crippen LogP contribution in [-0.4, -0.2) is 23.3 Å². The van der Waals surface area contributed by atoms with Crippen molar-refractivity contribution in [3.63, 3.8) is 0 Å². The molecule has 0 aromatic heterocycles. The number of fused-ring (bicyclic) bond motifs is 2. The van der Waals surface area contributed by atoms with Crippen LogP contribution < -0.4 is 5.73 Å². The number of hydrogen-bond donors (Lipinski definition) is 1. The molecule has 106 valence electrons. The first kappa shape index (κ1) is 13.1. The molecular formula is C15H18FN3O. The average Bonchev–Trinajstić information content (AvgIpc) is 2.84. The van der Waals surface area contributed by atoms with E-state index in [1.54, 1.807) is 11.0 Å². The van der Waals surface area contributed by atoms with Crippen LogP contribution in [-0.2, 0) is 12.0 Å². The lowest BCUT2D eigenvalue weighted by Crippen LogP contribution is -2.51. The number of aliphatic imine (C=N–C) groups is 1. The van der Waals surface area contributed by atoms with Crippen LogP contribution in [0.2, 0.25) is 0 Å². The van der Waals surface area contributed by atoms with Crippen molar-refractivity contribution in [1.29, 1.82) is 0 Å². The standard InChI is InChI=1S/C15H18FN3O/c1-9(2)8-19-14(20)18-13(17)15(19)6-5-10-7-11(16)3-4-12(10)15/h3-4,7,9H,5-6,8H2,1-2H3,(H2,17,18,20). The Kier molecular flexibility index (Phi) is 2.81. The highest BCUT2D eigenvalue weighted by atomic mass is 19.1. The van der Waals surface area contributed by atoms with Gasteiger partial charge in [0.05, 0.1) is 0 Å². The molecule has 1 aromatic rings. The van der Waals surface area contributed by atoms with E-state index < -0.39 is 5.54 Å². The van der Waals surface area contributed by atoms with E-state index in [0.717, 1.165) is 11.1 Å². The van der Waals surface area contributed by atoms with Gasteiger partial charge in [0, 0.05) is 6.54 Å². The molecule has 1 atom stereocenters. The Bertz CT molecular complexity index is 611. The molecule has 1 heterocycles. The molecule has 1 aromatic carbocycles. The zero-order chi connectivity index (χ0) is 14.5. The molecule has 2 aliphatic rings. The fourth-order valence-corrected chi connectivity index (χ4v) is 3.33. The third-order valence-electron chi connectivity index (χ3n) is 4.15. The van der Waals surface area contributed by atoms with Crippen LogP contribution in [0.4, 0.5) is 9.18 Å². The molecular weight excluding hydrogens is 257 g/mol. The van der Waals surface area contributed by atoms with Crippen molar-refractivity contribution >= 4 is 11.9 Å². The SMILES string of the molecule is CC(C)CN1C(=O)N=C(N)C12CCc1cc(F)ccc12. The molecule has 0 fully saturated rings. The molecule has 0 radical (unpaired) electrons. The van der Waals surface area contributed by atoms with Crippen LogP contribution in [0, 0.1) is 11.7 Å². The van der Waals surface area contributed by atoms with Crippen molar-refractivity contribution < 1.29 is 9.18 Å². The van der Waals surface area contributed by atoms with E-state index in [1.165, 1.54) is 12.1 Å². The molecule has 1 spiro atoms. The topological polar surface area (TPSA) is 58.7 Å². The number of nitrogens with two attached hydrogens (primary N) is 1. The summed E-state index contributed by atoms with van der Waals surface area (Å²) in [6, 6.07) is 4.42. The summed E-state index contributed by atoms with van der Waals surface area (Å²) < 4.78 is 13.4. The number of halogens is 1. The van der Waals surface area contributed by atoms with Crippen molar-refractivity contribution in [1.82, 2.24) is 4.90 Å². The van der Waals surface area contributed by atoms with E-state index in [4.69, 9.17) is 5.73 Å². The van der Waals surface area contributed by atoms with Crippen LogP contribution >= 0.6 is 0 Å². The number of rotatable bonds is 2. The van der Waals surface area contributed by atoms with Crippen molar-refractivity contribution in [2.45, 2.75) is 32.2 Å². The number of carbonyl (C=O) groups excluding carboxylic acids is 1. The first-order chi connectivity index (χ1) is 9.45. The predicted molar refractivity (Wildman–Crippen MR) is 75.0 cm³/mol. The van der Waals surface area contributed by atoms with Gasteiger partial charge in [-0.3, -0.25) is 0 Å². The molecule has 2 amide bonds. The molecule has 1 aliphatic carbocycles. The van der Waals surface area contributed by atoms with Gasteiger partial charge in [0.15, 0.2) is 0 Å². The van der Waals surface area contributed by atoms with Gasteiger partial charge in [-0.1, -0.05) is 19.9 Å². The largest absolute Gasteiger partial charge is 0.385 e. The number of aryl methyl sites for hydroxylation is 1. The van der Waals surface area contributed by atoms with Gasteiger partial charge in [0.2, 0.25) is 0 Å². The van der Waals surface area contributed by atoms with Crippen molar-refractivity contribution in [3.8, 4) is 0 Å². The Morgan fingerprint density at radius 2 is 2.25 bits per heavy atom. The number of nitrogens with zero attached hydrogens (tertiary/aromatic N) is 2. The molecule has 20 heavy (non-hydrogen) atoms. The molecule has 5 heteroatoms. The number of carbonyl (C=O) groups is 1.